The van der Waals surface area contributed by atoms with Crippen molar-refractivity contribution in [1.82, 2.24) is 0 Å². The Morgan fingerprint density at radius 3 is 2.50 bits per heavy atom. The van der Waals surface area contributed by atoms with Crippen LogP contribution in [-0.2, 0) is 4.79 Å². The molecule has 1 unspecified atom stereocenters. The molecule has 0 aliphatic heterocycles. The third-order valence-corrected chi connectivity index (χ3v) is 2.78. The van der Waals surface area contributed by atoms with E-state index in [0.29, 0.717) is 12.3 Å². The van der Waals surface area contributed by atoms with Gasteiger partial charge in [0.1, 0.15) is 0 Å². The van der Waals surface area contributed by atoms with E-state index in [1.54, 1.807) is 6.08 Å². The van der Waals surface area contributed by atoms with Crippen LogP contribution in [0.3, 0.4) is 0 Å². The van der Waals surface area contributed by atoms with Crippen LogP contribution in [0.1, 0.15) is 47.0 Å². The van der Waals surface area contributed by atoms with Gasteiger partial charge in [0, 0.05) is 0 Å². The fourth-order valence-electron chi connectivity index (χ4n) is 1.50. The van der Waals surface area contributed by atoms with E-state index in [9.17, 15) is 4.79 Å². The van der Waals surface area contributed by atoms with Gasteiger partial charge >= 0.3 is 5.97 Å². The Morgan fingerprint density at radius 1 is 1.33 bits per heavy atom. The van der Waals surface area contributed by atoms with Crippen molar-refractivity contribution < 1.29 is 9.90 Å². The summed E-state index contributed by atoms with van der Waals surface area (Å²) in [6.07, 6.45) is 12.2. The van der Waals surface area contributed by atoms with E-state index in [-0.39, 0.29) is 0 Å². The highest BCUT2D eigenvalue weighted by Gasteiger charge is 2.10. The van der Waals surface area contributed by atoms with Crippen LogP contribution in [0.5, 0.6) is 0 Å². The molecule has 0 heterocycles. The van der Waals surface area contributed by atoms with Gasteiger partial charge in [-0.25, -0.2) is 0 Å². The molecule has 0 aromatic carbocycles. The maximum absolute atomic E-state index is 11.0. The molecule has 0 aliphatic carbocycles. The molecular weight excluding hydrogens is 224 g/mol. The molecule has 18 heavy (non-hydrogen) atoms. The number of carboxylic acid groups (broad SMARTS) is 1. The molecule has 1 N–H and O–H groups in total. The van der Waals surface area contributed by atoms with Crippen LogP contribution in [0.2, 0.25) is 0 Å². The van der Waals surface area contributed by atoms with Crippen LogP contribution in [0.4, 0.5) is 0 Å². The van der Waals surface area contributed by atoms with Crippen molar-refractivity contribution in [3.8, 4) is 0 Å². The van der Waals surface area contributed by atoms with Crippen LogP contribution in [0.15, 0.2) is 36.0 Å². The smallest absolute Gasteiger partial charge is 0.310 e. The standard InChI is InChI=1S/C16H26O2/c1-5-6-9-15(16(17)18)10-7-8-14(4)12-11-13(2)3/h5-8,10,13,15H,9,11-12H2,1-4H3,(H,17,18)/b6-5?,10-7-,14-8+. The minimum Gasteiger partial charge on any atom is -0.481 e. The third-order valence-electron chi connectivity index (χ3n) is 2.78. The lowest BCUT2D eigenvalue weighted by atomic mass is 10.0. The third kappa shape index (κ3) is 8.80. The van der Waals surface area contributed by atoms with Gasteiger partial charge in [-0.05, 0) is 39.0 Å². The molecule has 0 radical (unpaired) electrons. The summed E-state index contributed by atoms with van der Waals surface area (Å²) in [5.74, 6) is -0.480. The average molecular weight is 250 g/mol. The van der Waals surface area contributed by atoms with Gasteiger partial charge in [0.2, 0.25) is 0 Å². The minimum atomic E-state index is -0.766. The lowest BCUT2D eigenvalue weighted by Crippen LogP contribution is -2.09. The number of allylic oxidation sites excluding steroid dienone is 5. The van der Waals surface area contributed by atoms with Crippen molar-refractivity contribution in [3.63, 3.8) is 0 Å². The zero-order valence-electron chi connectivity index (χ0n) is 12.0. The first kappa shape index (κ1) is 16.7. The number of aliphatic carboxylic acids is 1. The quantitative estimate of drug-likeness (QED) is 0.505. The first-order valence-corrected chi connectivity index (χ1v) is 6.65. The normalized spacial score (nSPS) is 14.8. The van der Waals surface area contributed by atoms with Crippen molar-refractivity contribution in [2.75, 3.05) is 0 Å². The van der Waals surface area contributed by atoms with Gasteiger partial charge in [0.25, 0.3) is 0 Å². The summed E-state index contributed by atoms with van der Waals surface area (Å²) in [4.78, 5) is 11.0. The molecule has 2 nitrogen and oxygen atoms in total. The lowest BCUT2D eigenvalue weighted by Gasteiger charge is -2.04. The van der Waals surface area contributed by atoms with E-state index >= 15 is 0 Å². The molecule has 0 saturated carbocycles. The molecule has 0 amide bonds. The van der Waals surface area contributed by atoms with Gasteiger partial charge in [0.15, 0.2) is 0 Å². The Labute approximate surface area is 111 Å². The minimum absolute atomic E-state index is 0.421. The predicted octanol–water partition coefficient (Wildman–Crippen LogP) is 4.59. The Kier molecular flexibility index (Phi) is 8.99. The summed E-state index contributed by atoms with van der Waals surface area (Å²) < 4.78 is 0. The maximum Gasteiger partial charge on any atom is 0.310 e. The summed E-state index contributed by atoms with van der Waals surface area (Å²) in [6.45, 7) is 8.41. The van der Waals surface area contributed by atoms with Crippen molar-refractivity contribution >= 4 is 5.97 Å². The molecule has 0 spiro atoms. The number of hydrogen-bond acceptors (Lipinski definition) is 1. The van der Waals surface area contributed by atoms with Crippen molar-refractivity contribution in [2.45, 2.75) is 47.0 Å². The summed E-state index contributed by atoms with van der Waals surface area (Å²) in [6, 6.07) is 0. The SMILES string of the molecule is CC=CCC(/C=C\C=C(/C)CCC(C)C)C(=O)O. The summed E-state index contributed by atoms with van der Waals surface area (Å²) in [5, 5.41) is 9.04. The second-order valence-electron chi connectivity index (χ2n) is 5.08. The van der Waals surface area contributed by atoms with Gasteiger partial charge in [-0.15, -0.1) is 0 Å². The van der Waals surface area contributed by atoms with Crippen molar-refractivity contribution in [3.05, 3.63) is 36.0 Å². The highest BCUT2D eigenvalue weighted by Crippen LogP contribution is 2.12. The second-order valence-corrected chi connectivity index (χ2v) is 5.08. The maximum atomic E-state index is 11.0. The molecule has 0 rings (SSSR count). The first-order chi connectivity index (χ1) is 8.47. The molecule has 0 aromatic rings. The van der Waals surface area contributed by atoms with Gasteiger partial charge in [-0.3, -0.25) is 4.79 Å². The number of carboxylic acids is 1. The fourth-order valence-corrected chi connectivity index (χ4v) is 1.50. The van der Waals surface area contributed by atoms with Crippen LogP contribution < -0.4 is 0 Å². The van der Waals surface area contributed by atoms with Crippen molar-refractivity contribution in [2.24, 2.45) is 11.8 Å². The Hall–Kier alpha value is -1.31. The largest absolute Gasteiger partial charge is 0.481 e. The molecule has 0 aliphatic rings. The predicted molar refractivity (Wildman–Crippen MR) is 77.5 cm³/mol. The molecule has 0 bridgehead atoms. The van der Waals surface area contributed by atoms with E-state index in [4.69, 9.17) is 5.11 Å². The summed E-state index contributed by atoms with van der Waals surface area (Å²) in [5.41, 5.74) is 1.30. The highest BCUT2D eigenvalue weighted by atomic mass is 16.4. The Morgan fingerprint density at radius 2 is 2.00 bits per heavy atom. The van der Waals surface area contributed by atoms with E-state index < -0.39 is 11.9 Å². The first-order valence-electron chi connectivity index (χ1n) is 6.65. The van der Waals surface area contributed by atoms with Crippen LogP contribution in [-0.4, -0.2) is 11.1 Å². The molecule has 1 atom stereocenters. The van der Waals surface area contributed by atoms with Crippen LogP contribution in [0, 0.1) is 11.8 Å². The fraction of sp³-hybridized carbons (Fsp3) is 0.562. The topological polar surface area (TPSA) is 37.3 Å². The van der Waals surface area contributed by atoms with Crippen LogP contribution in [0.25, 0.3) is 0 Å². The van der Waals surface area contributed by atoms with Gasteiger partial charge in [0.05, 0.1) is 5.92 Å². The zero-order valence-corrected chi connectivity index (χ0v) is 12.0. The van der Waals surface area contributed by atoms with E-state index in [0.717, 1.165) is 6.42 Å². The van der Waals surface area contributed by atoms with Crippen LogP contribution >= 0.6 is 0 Å². The summed E-state index contributed by atoms with van der Waals surface area (Å²) >= 11 is 0. The van der Waals surface area contributed by atoms with E-state index in [1.807, 2.05) is 31.2 Å². The number of rotatable bonds is 8. The average Bonchev–Trinajstić information content (AvgIpc) is 2.30. The van der Waals surface area contributed by atoms with Gasteiger partial charge in [-0.1, -0.05) is 49.8 Å². The molecule has 0 aromatic heterocycles. The molecule has 2 heteroatoms. The number of carbonyl (C=O) groups is 1. The van der Waals surface area contributed by atoms with E-state index in [1.165, 1.54) is 12.0 Å². The molecular formula is C16H26O2. The van der Waals surface area contributed by atoms with Gasteiger partial charge < -0.3 is 5.11 Å². The monoisotopic (exact) mass is 250 g/mol. The molecule has 102 valence electrons. The number of hydrogen-bond donors (Lipinski definition) is 1. The van der Waals surface area contributed by atoms with Crippen molar-refractivity contribution in [1.29, 1.82) is 0 Å². The Balaban J connectivity index is 4.31. The lowest BCUT2D eigenvalue weighted by molar-refractivity contribution is -0.139. The van der Waals surface area contributed by atoms with Gasteiger partial charge in [-0.2, -0.15) is 0 Å². The molecule has 0 saturated heterocycles. The van der Waals surface area contributed by atoms with E-state index in [2.05, 4.69) is 20.8 Å². The molecule has 0 fully saturated rings. The second kappa shape index (κ2) is 9.69. The Bertz CT molecular complexity index is 322. The zero-order chi connectivity index (χ0) is 14.0. The highest BCUT2D eigenvalue weighted by molar-refractivity contribution is 5.72. The summed E-state index contributed by atoms with van der Waals surface area (Å²) in [7, 11) is 0.